The summed E-state index contributed by atoms with van der Waals surface area (Å²) in [6, 6.07) is 11.6. The standard InChI is InChI=1S/C13H15N3O2/c1-10(14-13(17)18)9-16-8-7-12(15-16)11-5-3-2-4-6-11/h2-8,10,14H,9H2,1H3,(H,17,18). The lowest BCUT2D eigenvalue weighted by Gasteiger charge is -2.10. The topological polar surface area (TPSA) is 67.2 Å². The summed E-state index contributed by atoms with van der Waals surface area (Å²) in [4.78, 5) is 10.5. The monoisotopic (exact) mass is 245 g/mol. The van der Waals surface area contributed by atoms with E-state index in [1.54, 1.807) is 11.6 Å². The Balaban J connectivity index is 2.05. The maximum Gasteiger partial charge on any atom is 0.404 e. The lowest BCUT2D eigenvalue weighted by molar-refractivity contribution is 0.189. The zero-order chi connectivity index (χ0) is 13.0. The summed E-state index contributed by atoms with van der Waals surface area (Å²) in [5.41, 5.74) is 1.94. The van der Waals surface area contributed by atoms with Crippen molar-refractivity contribution in [2.45, 2.75) is 19.5 Å². The summed E-state index contributed by atoms with van der Waals surface area (Å²) in [6.45, 7) is 2.32. The second-order valence-corrected chi connectivity index (χ2v) is 4.14. The van der Waals surface area contributed by atoms with Crippen LogP contribution >= 0.6 is 0 Å². The van der Waals surface area contributed by atoms with Gasteiger partial charge < -0.3 is 10.4 Å². The molecule has 0 radical (unpaired) electrons. The fraction of sp³-hybridized carbons (Fsp3) is 0.231. The highest BCUT2D eigenvalue weighted by molar-refractivity contribution is 5.64. The number of carboxylic acid groups (broad SMARTS) is 1. The zero-order valence-corrected chi connectivity index (χ0v) is 10.1. The van der Waals surface area contributed by atoms with E-state index < -0.39 is 6.09 Å². The Hall–Kier alpha value is -2.30. The number of hydrogen-bond donors (Lipinski definition) is 2. The summed E-state index contributed by atoms with van der Waals surface area (Å²) >= 11 is 0. The molecule has 2 aromatic rings. The third kappa shape index (κ3) is 3.10. The van der Waals surface area contributed by atoms with Crippen LogP contribution in [0.25, 0.3) is 11.3 Å². The van der Waals surface area contributed by atoms with Gasteiger partial charge in [-0.15, -0.1) is 0 Å². The van der Waals surface area contributed by atoms with Crippen LogP contribution in [0.1, 0.15) is 6.92 Å². The highest BCUT2D eigenvalue weighted by Gasteiger charge is 2.07. The molecule has 2 N–H and O–H groups in total. The van der Waals surface area contributed by atoms with Crippen LogP contribution in [0.2, 0.25) is 0 Å². The van der Waals surface area contributed by atoms with Crippen LogP contribution in [0.5, 0.6) is 0 Å². The van der Waals surface area contributed by atoms with Crippen molar-refractivity contribution in [2.24, 2.45) is 0 Å². The first kappa shape index (κ1) is 12.2. The molecule has 1 heterocycles. The molecule has 1 amide bonds. The molecule has 5 nitrogen and oxygen atoms in total. The normalized spacial score (nSPS) is 12.1. The summed E-state index contributed by atoms with van der Waals surface area (Å²) in [5.74, 6) is 0. The molecule has 0 spiro atoms. The van der Waals surface area contributed by atoms with Crippen molar-refractivity contribution in [1.29, 1.82) is 0 Å². The van der Waals surface area contributed by atoms with Gasteiger partial charge in [0.05, 0.1) is 12.2 Å². The number of aromatic nitrogens is 2. The second-order valence-electron chi connectivity index (χ2n) is 4.14. The Morgan fingerprint density at radius 3 is 2.78 bits per heavy atom. The van der Waals surface area contributed by atoms with Gasteiger partial charge in [-0.25, -0.2) is 4.79 Å². The van der Waals surface area contributed by atoms with Crippen LogP contribution in [-0.4, -0.2) is 27.0 Å². The molecule has 18 heavy (non-hydrogen) atoms. The van der Waals surface area contributed by atoms with Gasteiger partial charge in [0.15, 0.2) is 0 Å². The number of nitrogens with zero attached hydrogens (tertiary/aromatic N) is 2. The van der Waals surface area contributed by atoms with Gasteiger partial charge in [-0.05, 0) is 13.0 Å². The molecule has 94 valence electrons. The third-order valence-electron chi connectivity index (χ3n) is 2.54. The van der Waals surface area contributed by atoms with Gasteiger partial charge >= 0.3 is 6.09 Å². The molecule has 1 aromatic carbocycles. The summed E-state index contributed by atoms with van der Waals surface area (Å²) in [7, 11) is 0. The van der Waals surface area contributed by atoms with E-state index in [9.17, 15) is 4.79 Å². The van der Waals surface area contributed by atoms with Gasteiger partial charge in [-0.2, -0.15) is 5.10 Å². The Bertz CT molecular complexity index is 522. The fourth-order valence-electron chi connectivity index (χ4n) is 1.76. The molecule has 0 aliphatic carbocycles. The molecule has 2 rings (SSSR count). The summed E-state index contributed by atoms with van der Waals surface area (Å²) < 4.78 is 1.74. The molecule has 0 aliphatic heterocycles. The molecule has 0 bridgehead atoms. The lowest BCUT2D eigenvalue weighted by Crippen LogP contribution is -2.34. The number of benzene rings is 1. The number of nitrogens with one attached hydrogen (secondary N) is 1. The molecule has 1 atom stereocenters. The zero-order valence-electron chi connectivity index (χ0n) is 10.1. The number of hydrogen-bond acceptors (Lipinski definition) is 2. The van der Waals surface area contributed by atoms with E-state index in [0.717, 1.165) is 11.3 Å². The van der Waals surface area contributed by atoms with Crippen molar-refractivity contribution in [1.82, 2.24) is 15.1 Å². The van der Waals surface area contributed by atoms with Gasteiger partial charge in [0.1, 0.15) is 0 Å². The van der Waals surface area contributed by atoms with E-state index in [0.29, 0.717) is 6.54 Å². The van der Waals surface area contributed by atoms with Crippen molar-refractivity contribution in [3.63, 3.8) is 0 Å². The smallest absolute Gasteiger partial charge is 0.404 e. The Labute approximate surface area is 105 Å². The molecular weight excluding hydrogens is 230 g/mol. The van der Waals surface area contributed by atoms with Gasteiger partial charge in [-0.1, -0.05) is 30.3 Å². The van der Waals surface area contributed by atoms with E-state index in [1.807, 2.05) is 42.6 Å². The van der Waals surface area contributed by atoms with Crippen LogP contribution in [-0.2, 0) is 6.54 Å². The minimum atomic E-state index is -1.02. The number of rotatable bonds is 4. The molecule has 0 saturated carbocycles. The van der Waals surface area contributed by atoms with Crippen molar-refractivity contribution < 1.29 is 9.90 Å². The molecule has 0 saturated heterocycles. The minimum Gasteiger partial charge on any atom is -0.465 e. The molecule has 1 aromatic heterocycles. The highest BCUT2D eigenvalue weighted by Crippen LogP contribution is 2.15. The lowest BCUT2D eigenvalue weighted by atomic mass is 10.2. The number of carbonyl (C=O) groups is 1. The van der Waals surface area contributed by atoms with Crippen LogP contribution in [0.4, 0.5) is 4.79 Å². The maximum atomic E-state index is 10.5. The van der Waals surface area contributed by atoms with Crippen molar-refractivity contribution in [3.05, 3.63) is 42.6 Å². The first-order chi connectivity index (χ1) is 8.65. The first-order valence-corrected chi connectivity index (χ1v) is 5.73. The largest absolute Gasteiger partial charge is 0.465 e. The molecule has 5 heteroatoms. The minimum absolute atomic E-state index is 0.175. The predicted molar refractivity (Wildman–Crippen MR) is 68.3 cm³/mol. The van der Waals surface area contributed by atoms with Gasteiger partial charge in [0.2, 0.25) is 0 Å². The first-order valence-electron chi connectivity index (χ1n) is 5.73. The van der Waals surface area contributed by atoms with E-state index in [1.165, 1.54) is 0 Å². The van der Waals surface area contributed by atoms with Crippen LogP contribution in [0.15, 0.2) is 42.6 Å². The van der Waals surface area contributed by atoms with Crippen LogP contribution < -0.4 is 5.32 Å². The SMILES string of the molecule is CC(Cn1ccc(-c2ccccc2)n1)NC(=O)O. The van der Waals surface area contributed by atoms with Crippen LogP contribution in [0.3, 0.4) is 0 Å². The second kappa shape index (κ2) is 5.35. The average molecular weight is 245 g/mol. The van der Waals surface area contributed by atoms with Gasteiger partial charge in [0.25, 0.3) is 0 Å². The van der Waals surface area contributed by atoms with E-state index in [2.05, 4.69) is 10.4 Å². The van der Waals surface area contributed by atoms with E-state index in [-0.39, 0.29) is 6.04 Å². The Morgan fingerprint density at radius 2 is 2.11 bits per heavy atom. The van der Waals surface area contributed by atoms with Crippen molar-refractivity contribution >= 4 is 6.09 Å². The molecule has 0 aliphatic rings. The predicted octanol–water partition coefficient (Wildman–Crippen LogP) is 2.21. The van der Waals surface area contributed by atoms with Gasteiger partial charge in [-0.3, -0.25) is 4.68 Å². The molecule has 1 unspecified atom stereocenters. The van der Waals surface area contributed by atoms with Crippen molar-refractivity contribution in [3.8, 4) is 11.3 Å². The van der Waals surface area contributed by atoms with Crippen LogP contribution in [0, 0.1) is 0 Å². The highest BCUT2D eigenvalue weighted by atomic mass is 16.4. The maximum absolute atomic E-state index is 10.5. The Kier molecular flexibility index (Phi) is 3.62. The van der Waals surface area contributed by atoms with Crippen molar-refractivity contribution in [2.75, 3.05) is 0 Å². The molecule has 0 fully saturated rings. The Morgan fingerprint density at radius 1 is 1.39 bits per heavy atom. The number of amides is 1. The quantitative estimate of drug-likeness (QED) is 0.867. The summed E-state index contributed by atoms with van der Waals surface area (Å²) in [6.07, 6.45) is 0.834. The van der Waals surface area contributed by atoms with E-state index in [4.69, 9.17) is 5.11 Å². The third-order valence-corrected chi connectivity index (χ3v) is 2.54. The molecular formula is C13H15N3O2. The fourth-order valence-corrected chi connectivity index (χ4v) is 1.76. The summed E-state index contributed by atoms with van der Waals surface area (Å²) in [5, 5.41) is 15.4. The average Bonchev–Trinajstić information content (AvgIpc) is 2.77. The van der Waals surface area contributed by atoms with Gasteiger partial charge in [0, 0.05) is 17.8 Å². The van der Waals surface area contributed by atoms with E-state index >= 15 is 0 Å².